The summed E-state index contributed by atoms with van der Waals surface area (Å²) in [4.78, 5) is 49.0. The van der Waals surface area contributed by atoms with Crippen LogP contribution in [0.4, 0.5) is 4.79 Å². The number of halogens is 2. The monoisotopic (exact) mass is 654 g/mol. The Hall–Kier alpha value is -3.31. The largest absolute Gasteiger partial charge is 0.436 e. The van der Waals surface area contributed by atoms with E-state index in [1.807, 2.05) is 47.5 Å². The molecule has 1 atom stereocenters. The molecule has 240 valence electrons. The lowest BCUT2D eigenvalue weighted by Crippen LogP contribution is -2.54. The maximum Gasteiger partial charge on any atom is 0.410 e. The molecule has 12 heteroatoms. The summed E-state index contributed by atoms with van der Waals surface area (Å²) in [6.45, 7) is 6.15. The molecule has 0 bridgehead atoms. The molecule has 10 nitrogen and oxygen atoms in total. The SMILES string of the molecule is O=C(O[C@H](Cc1ccc(Cl)c(Cl)c1)C(=O)N1CCC(N2CCNCC2)CC1)N1CCC(n2cc(-c3ccccc3)[nH]c2=O)CC1. The van der Waals surface area contributed by atoms with E-state index in [-0.39, 0.29) is 24.1 Å². The molecule has 2 amide bonds. The number of aromatic amines is 1. The second kappa shape index (κ2) is 14.4. The lowest BCUT2D eigenvalue weighted by Gasteiger charge is -2.41. The molecule has 2 aromatic carbocycles. The summed E-state index contributed by atoms with van der Waals surface area (Å²) in [5.41, 5.74) is 2.32. The molecule has 0 saturated carbocycles. The van der Waals surface area contributed by atoms with Gasteiger partial charge in [-0.1, -0.05) is 59.6 Å². The molecule has 0 aliphatic carbocycles. The predicted molar refractivity (Wildman–Crippen MR) is 175 cm³/mol. The van der Waals surface area contributed by atoms with Gasteiger partial charge in [-0.15, -0.1) is 0 Å². The highest BCUT2D eigenvalue weighted by molar-refractivity contribution is 6.42. The average Bonchev–Trinajstić information content (AvgIpc) is 3.48. The Bertz CT molecular complexity index is 1520. The van der Waals surface area contributed by atoms with Crippen LogP contribution < -0.4 is 11.0 Å². The number of piperidine rings is 2. The lowest BCUT2D eigenvalue weighted by atomic mass is 10.0. The van der Waals surface area contributed by atoms with Gasteiger partial charge in [0.05, 0.1) is 15.7 Å². The van der Waals surface area contributed by atoms with Crippen LogP contribution in [0.2, 0.25) is 10.0 Å². The van der Waals surface area contributed by atoms with E-state index >= 15 is 0 Å². The fourth-order valence-electron chi connectivity index (χ4n) is 6.73. The van der Waals surface area contributed by atoms with Crippen molar-refractivity contribution in [1.29, 1.82) is 0 Å². The minimum atomic E-state index is -0.982. The number of aromatic nitrogens is 2. The van der Waals surface area contributed by atoms with Crippen LogP contribution >= 0.6 is 23.2 Å². The third-order valence-electron chi connectivity index (χ3n) is 9.31. The molecule has 0 radical (unpaired) electrons. The molecule has 3 fully saturated rings. The van der Waals surface area contributed by atoms with Crippen molar-refractivity contribution in [2.24, 2.45) is 0 Å². The van der Waals surface area contributed by atoms with E-state index in [1.165, 1.54) is 0 Å². The highest BCUT2D eigenvalue weighted by Gasteiger charge is 2.35. The number of imidazole rings is 1. The van der Waals surface area contributed by atoms with Crippen LogP contribution in [0.3, 0.4) is 0 Å². The maximum absolute atomic E-state index is 13.9. The molecule has 3 aliphatic rings. The number of hydrogen-bond donors (Lipinski definition) is 2. The Kier molecular flexibility index (Phi) is 10.1. The standard InChI is InChI=1S/C33H40Cl2N6O4/c34-27-7-6-23(20-28(27)35)21-30(31(42)39-14-8-25(9-15-39)38-18-12-36-13-19-38)45-33(44)40-16-10-26(11-17-40)41-22-29(37-32(41)43)24-4-2-1-3-5-24/h1-7,20,22,25-26,30,36H,8-19,21H2,(H,37,43)/t30-/m1/s1. The Labute approximate surface area is 273 Å². The van der Waals surface area contributed by atoms with Crippen LogP contribution in [-0.2, 0) is 16.0 Å². The maximum atomic E-state index is 13.9. The van der Waals surface area contributed by atoms with Crippen molar-refractivity contribution < 1.29 is 14.3 Å². The van der Waals surface area contributed by atoms with Crippen LogP contribution in [0.15, 0.2) is 59.5 Å². The Morgan fingerprint density at radius 2 is 1.51 bits per heavy atom. The quantitative estimate of drug-likeness (QED) is 0.391. The first-order valence-corrected chi connectivity index (χ1v) is 16.6. The number of amides is 2. The zero-order valence-corrected chi connectivity index (χ0v) is 26.8. The fourth-order valence-corrected chi connectivity index (χ4v) is 7.05. The van der Waals surface area contributed by atoms with Gasteiger partial charge in [0, 0.05) is 77.1 Å². The number of rotatable bonds is 7. The van der Waals surface area contributed by atoms with Gasteiger partial charge >= 0.3 is 11.8 Å². The van der Waals surface area contributed by atoms with E-state index in [0.29, 0.717) is 55.1 Å². The summed E-state index contributed by atoms with van der Waals surface area (Å²) in [7, 11) is 0. The second-order valence-corrected chi connectivity index (χ2v) is 12.9. The van der Waals surface area contributed by atoms with Crippen molar-refractivity contribution in [3.05, 3.63) is 80.8 Å². The second-order valence-electron chi connectivity index (χ2n) is 12.1. The summed E-state index contributed by atoms with van der Waals surface area (Å²) in [6, 6.07) is 15.4. The number of nitrogens with zero attached hydrogens (tertiary/aromatic N) is 4. The van der Waals surface area contributed by atoms with Gasteiger partial charge in [-0.05, 0) is 48.9 Å². The van der Waals surface area contributed by atoms with Crippen LogP contribution in [-0.4, -0.2) is 101 Å². The molecule has 1 aromatic heterocycles. The predicted octanol–water partition coefficient (Wildman–Crippen LogP) is 4.43. The molecule has 2 N–H and O–H groups in total. The smallest absolute Gasteiger partial charge is 0.410 e. The molecule has 3 saturated heterocycles. The van der Waals surface area contributed by atoms with Crippen molar-refractivity contribution in [2.75, 3.05) is 52.4 Å². The summed E-state index contributed by atoms with van der Waals surface area (Å²) < 4.78 is 7.70. The summed E-state index contributed by atoms with van der Waals surface area (Å²) in [6.07, 6.45) is 3.56. The molecular formula is C33H40Cl2N6O4. The summed E-state index contributed by atoms with van der Waals surface area (Å²) in [5.74, 6) is -0.185. The van der Waals surface area contributed by atoms with Gasteiger partial charge in [-0.25, -0.2) is 9.59 Å². The number of carbonyl (C=O) groups excluding carboxylic acids is 2. The Morgan fingerprint density at radius 1 is 0.844 bits per heavy atom. The van der Waals surface area contributed by atoms with Crippen molar-refractivity contribution >= 4 is 35.2 Å². The van der Waals surface area contributed by atoms with Gasteiger partial charge in [0.15, 0.2) is 6.10 Å². The van der Waals surface area contributed by atoms with Crippen LogP contribution in [0, 0.1) is 0 Å². The first-order chi connectivity index (χ1) is 21.9. The topological polar surface area (TPSA) is 103 Å². The summed E-state index contributed by atoms with van der Waals surface area (Å²) >= 11 is 12.4. The van der Waals surface area contributed by atoms with E-state index in [4.69, 9.17) is 27.9 Å². The number of nitrogens with one attached hydrogen (secondary N) is 2. The van der Waals surface area contributed by atoms with Crippen LogP contribution in [0.1, 0.15) is 37.3 Å². The Morgan fingerprint density at radius 3 is 2.20 bits per heavy atom. The Balaban J connectivity index is 1.09. The van der Waals surface area contributed by atoms with Gasteiger partial charge < -0.3 is 24.8 Å². The normalized spacial score (nSPS) is 19.4. The summed E-state index contributed by atoms with van der Waals surface area (Å²) in [5, 5.41) is 4.22. The number of likely N-dealkylation sites (tertiary alicyclic amines) is 2. The number of hydrogen-bond acceptors (Lipinski definition) is 6. The first-order valence-electron chi connectivity index (χ1n) is 15.9. The van der Waals surface area contributed by atoms with E-state index in [9.17, 15) is 14.4 Å². The zero-order chi connectivity index (χ0) is 31.3. The highest BCUT2D eigenvalue weighted by Crippen LogP contribution is 2.27. The third-order valence-corrected chi connectivity index (χ3v) is 10.1. The van der Waals surface area contributed by atoms with Crippen molar-refractivity contribution in [3.63, 3.8) is 0 Å². The number of H-pyrrole nitrogens is 1. The van der Waals surface area contributed by atoms with Crippen LogP contribution in [0.5, 0.6) is 0 Å². The molecule has 6 rings (SSSR count). The minimum Gasteiger partial charge on any atom is -0.436 e. The first kappa shape index (κ1) is 31.7. The van der Waals surface area contributed by atoms with E-state index in [2.05, 4.69) is 15.2 Å². The number of carbonyl (C=O) groups is 2. The van der Waals surface area contributed by atoms with E-state index < -0.39 is 12.2 Å². The number of ether oxygens (including phenoxy) is 1. The molecule has 3 aliphatic heterocycles. The van der Waals surface area contributed by atoms with Crippen LogP contribution in [0.25, 0.3) is 11.3 Å². The fraction of sp³-hybridized carbons (Fsp3) is 0.485. The van der Waals surface area contributed by atoms with Crippen molar-refractivity contribution in [2.45, 2.75) is 50.3 Å². The van der Waals surface area contributed by atoms with Gasteiger partial charge in [0.25, 0.3) is 5.91 Å². The molecule has 3 aromatic rings. The molecule has 0 unspecified atom stereocenters. The minimum absolute atomic E-state index is 0.0409. The van der Waals surface area contributed by atoms with E-state index in [0.717, 1.165) is 55.8 Å². The zero-order valence-electron chi connectivity index (χ0n) is 25.3. The van der Waals surface area contributed by atoms with Gasteiger partial charge in [0.2, 0.25) is 0 Å². The lowest BCUT2D eigenvalue weighted by molar-refractivity contribution is -0.142. The molecule has 45 heavy (non-hydrogen) atoms. The van der Waals surface area contributed by atoms with Crippen molar-refractivity contribution in [1.82, 2.24) is 29.6 Å². The van der Waals surface area contributed by atoms with Crippen molar-refractivity contribution in [3.8, 4) is 11.3 Å². The van der Waals surface area contributed by atoms with Gasteiger partial charge in [0.1, 0.15) is 0 Å². The molecular weight excluding hydrogens is 615 g/mol. The van der Waals surface area contributed by atoms with E-state index in [1.54, 1.807) is 21.6 Å². The van der Waals surface area contributed by atoms with Gasteiger partial charge in [-0.2, -0.15) is 0 Å². The molecule has 0 spiro atoms. The highest BCUT2D eigenvalue weighted by atomic mass is 35.5. The number of piperazine rings is 1. The number of benzene rings is 2. The average molecular weight is 656 g/mol. The molecule has 4 heterocycles. The third kappa shape index (κ3) is 7.57. The van der Waals surface area contributed by atoms with Gasteiger partial charge in [-0.3, -0.25) is 14.3 Å².